The van der Waals surface area contributed by atoms with Crippen molar-refractivity contribution in [1.29, 1.82) is 0 Å². The summed E-state index contributed by atoms with van der Waals surface area (Å²) in [5.74, 6) is 1.49. The normalized spacial score (nSPS) is 34.5. The second kappa shape index (κ2) is 4.78. The summed E-state index contributed by atoms with van der Waals surface area (Å²) < 4.78 is 5.59. The molecule has 14 heavy (non-hydrogen) atoms. The molecule has 0 amide bonds. The first kappa shape index (κ1) is 11.5. The van der Waals surface area contributed by atoms with Gasteiger partial charge in [0.2, 0.25) is 0 Å². The first-order valence-corrected chi connectivity index (χ1v) is 5.50. The van der Waals surface area contributed by atoms with E-state index in [9.17, 15) is 0 Å². The van der Waals surface area contributed by atoms with Crippen molar-refractivity contribution >= 4 is 5.84 Å². The van der Waals surface area contributed by atoms with Crippen LogP contribution in [-0.2, 0) is 4.74 Å². The zero-order valence-electron chi connectivity index (χ0n) is 9.55. The molecule has 0 saturated heterocycles. The third-order valence-electron chi connectivity index (χ3n) is 3.27. The SMILES string of the molecule is CCN=C(N)C1(OC)CCC(C)CC1. The van der Waals surface area contributed by atoms with Crippen LogP contribution < -0.4 is 5.73 Å². The summed E-state index contributed by atoms with van der Waals surface area (Å²) in [6, 6.07) is 0. The average molecular weight is 198 g/mol. The molecule has 0 bridgehead atoms. The van der Waals surface area contributed by atoms with E-state index in [0.29, 0.717) is 5.84 Å². The molecule has 1 rings (SSSR count). The maximum absolute atomic E-state index is 5.97. The quantitative estimate of drug-likeness (QED) is 0.556. The van der Waals surface area contributed by atoms with Crippen molar-refractivity contribution in [2.75, 3.05) is 13.7 Å². The van der Waals surface area contributed by atoms with Gasteiger partial charge in [0.15, 0.2) is 0 Å². The molecule has 0 aromatic heterocycles. The molecule has 0 aliphatic heterocycles. The third-order valence-corrected chi connectivity index (χ3v) is 3.27. The Labute approximate surface area is 86.7 Å². The highest BCUT2D eigenvalue weighted by Crippen LogP contribution is 2.34. The molecule has 2 N–H and O–H groups in total. The lowest BCUT2D eigenvalue weighted by Gasteiger charge is -2.37. The molecule has 0 aromatic carbocycles. The van der Waals surface area contributed by atoms with Crippen LogP contribution in [0.2, 0.25) is 0 Å². The predicted molar refractivity (Wildman–Crippen MR) is 59.5 cm³/mol. The number of methoxy groups -OCH3 is 1. The van der Waals surface area contributed by atoms with Gasteiger partial charge >= 0.3 is 0 Å². The minimum Gasteiger partial charge on any atom is -0.385 e. The van der Waals surface area contributed by atoms with Gasteiger partial charge in [-0.2, -0.15) is 0 Å². The fraction of sp³-hybridized carbons (Fsp3) is 0.909. The van der Waals surface area contributed by atoms with Gasteiger partial charge in [-0.3, -0.25) is 4.99 Å². The van der Waals surface area contributed by atoms with Crippen LogP contribution in [0.25, 0.3) is 0 Å². The number of hydrogen-bond donors (Lipinski definition) is 1. The van der Waals surface area contributed by atoms with Crippen LogP contribution in [0, 0.1) is 5.92 Å². The number of aliphatic imine (C=N–C) groups is 1. The van der Waals surface area contributed by atoms with E-state index in [2.05, 4.69) is 11.9 Å². The highest BCUT2D eigenvalue weighted by Gasteiger charge is 2.37. The number of rotatable bonds is 3. The smallest absolute Gasteiger partial charge is 0.126 e. The van der Waals surface area contributed by atoms with Gasteiger partial charge in [-0.1, -0.05) is 6.92 Å². The molecule has 0 spiro atoms. The first-order chi connectivity index (χ1) is 6.64. The highest BCUT2D eigenvalue weighted by molar-refractivity contribution is 5.89. The van der Waals surface area contributed by atoms with Gasteiger partial charge in [-0.05, 0) is 38.5 Å². The Hall–Kier alpha value is -0.570. The van der Waals surface area contributed by atoms with E-state index >= 15 is 0 Å². The lowest BCUT2D eigenvalue weighted by atomic mass is 9.78. The summed E-state index contributed by atoms with van der Waals surface area (Å²) in [6.07, 6.45) is 4.40. The zero-order valence-corrected chi connectivity index (χ0v) is 9.55. The molecular weight excluding hydrogens is 176 g/mol. The first-order valence-electron chi connectivity index (χ1n) is 5.50. The predicted octanol–water partition coefficient (Wildman–Crippen LogP) is 1.96. The van der Waals surface area contributed by atoms with Crippen molar-refractivity contribution in [2.45, 2.75) is 45.1 Å². The second-order valence-corrected chi connectivity index (χ2v) is 4.24. The summed E-state index contributed by atoms with van der Waals surface area (Å²) in [4.78, 5) is 4.29. The van der Waals surface area contributed by atoms with Gasteiger partial charge in [0.05, 0.1) is 0 Å². The second-order valence-electron chi connectivity index (χ2n) is 4.24. The summed E-state index contributed by atoms with van der Waals surface area (Å²) >= 11 is 0. The van der Waals surface area contributed by atoms with Crippen molar-refractivity contribution in [2.24, 2.45) is 16.6 Å². The maximum atomic E-state index is 5.97. The number of nitrogens with two attached hydrogens (primary N) is 1. The molecule has 3 heteroatoms. The van der Waals surface area contributed by atoms with Crippen LogP contribution in [-0.4, -0.2) is 25.1 Å². The lowest BCUT2D eigenvalue weighted by Crippen LogP contribution is -2.48. The van der Waals surface area contributed by atoms with Gasteiger partial charge in [-0.25, -0.2) is 0 Å². The largest absolute Gasteiger partial charge is 0.385 e. The van der Waals surface area contributed by atoms with Crippen LogP contribution in [0.15, 0.2) is 4.99 Å². The molecule has 1 aliphatic rings. The summed E-state index contributed by atoms with van der Waals surface area (Å²) in [6.45, 7) is 5.03. The lowest BCUT2D eigenvalue weighted by molar-refractivity contribution is 0.00797. The molecule has 1 fully saturated rings. The Morgan fingerprint density at radius 2 is 2.07 bits per heavy atom. The fourth-order valence-electron chi connectivity index (χ4n) is 2.11. The number of nitrogens with zero attached hydrogens (tertiary/aromatic N) is 1. The van der Waals surface area contributed by atoms with Gasteiger partial charge < -0.3 is 10.5 Å². The number of ether oxygens (including phenoxy) is 1. The fourth-order valence-corrected chi connectivity index (χ4v) is 2.11. The Morgan fingerprint density at radius 1 is 1.50 bits per heavy atom. The van der Waals surface area contributed by atoms with Crippen LogP contribution in [0.4, 0.5) is 0 Å². The minimum atomic E-state index is -0.261. The van der Waals surface area contributed by atoms with Gasteiger partial charge in [0.1, 0.15) is 11.4 Å². The third kappa shape index (κ3) is 2.27. The van der Waals surface area contributed by atoms with E-state index in [1.54, 1.807) is 7.11 Å². The zero-order chi connectivity index (χ0) is 10.6. The van der Waals surface area contributed by atoms with E-state index in [-0.39, 0.29) is 5.60 Å². The Bertz CT molecular complexity index is 205. The van der Waals surface area contributed by atoms with Gasteiger partial charge in [-0.15, -0.1) is 0 Å². The molecule has 0 unspecified atom stereocenters. The number of amidine groups is 1. The minimum absolute atomic E-state index is 0.261. The molecule has 0 heterocycles. The van der Waals surface area contributed by atoms with Crippen LogP contribution in [0.5, 0.6) is 0 Å². The van der Waals surface area contributed by atoms with Crippen LogP contribution >= 0.6 is 0 Å². The number of hydrogen-bond acceptors (Lipinski definition) is 2. The Balaban J connectivity index is 2.72. The van der Waals surface area contributed by atoms with Gasteiger partial charge in [0, 0.05) is 13.7 Å². The molecule has 82 valence electrons. The van der Waals surface area contributed by atoms with E-state index in [0.717, 1.165) is 25.3 Å². The maximum Gasteiger partial charge on any atom is 0.126 e. The van der Waals surface area contributed by atoms with Crippen molar-refractivity contribution in [1.82, 2.24) is 0 Å². The van der Waals surface area contributed by atoms with Crippen molar-refractivity contribution < 1.29 is 4.74 Å². The Kier molecular flexibility index (Phi) is 3.93. The Morgan fingerprint density at radius 3 is 2.50 bits per heavy atom. The summed E-state index contributed by atoms with van der Waals surface area (Å²) in [5.41, 5.74) is 5.71. The monoisotopic (exact) mass is 198 g/mol. The van der Waals surface area contributed by atoms with Crippen molar-refractivity contribution in [3.8, 4) is 0 Å². The summed E-state index contributed by atoms with van der Waals surface area (Å²) in [7, 11) is 1.74. The van der Waals surface area contributed by atoms with Crippen LogP contribution in [0.1, 0.15) is 39.5 Å². The molecule has 1 aliphatic carbocycles. The molecule has 3 nitrogen and oxygen atoms in total. The standard InChI is InChI=1S/C11H22N2O/c1-4-13-10(12)11(14-3)7-5-9(2)6-8-11/h9H,4-8H2,1-3H3,(H2,12,13). The van der Waals surface area contributed by atoms with Crippen molar-refractivity contribution in [3.63, 3.8) is 0 Å². The molecule has 0 radical (unpaired) electrons. The van der Waals surface area contributed by atoms with E-state index in [4.69, 9.17) is 10.5 Å². The average Bonchev–Trinajstić information content (AvgIpc) is 2.20. The topological polar surface area (TPSA) is 47.6 Å². The molecule has 0 aromatic rings. The van der Waals surface area contributed by atoms with Crippen LogP contribution in [0.3, 0.4) is 0 Å². The van der Waals surface area contributed by atoms with E-state index in [1.807, 2.05) is 6.92 Å². The van der Waals surface area contributed by atoms with Crippen molar-refractivity contribution in [3.05, 3.63) is 0 Å². The highest BCUT2D eigenvalue weighted by atomic mass is 16.5. The van der Waals surface area contributed by atoms with Gasteiger partial charge in [0.25, 0.3) is 0 Å². The van der Waals surface area contributed by atoms with E-state index in [1.165, 1.54) is 12.8 Å². The molecular formula is C11H22N2O. The molecule has 1 saturated carbocycles. The van der Waals surface area contributed by atoms with E-state index < -0.39 is 0 Å². The molecule has 0 atom stereocenters. The summed E-state index contributed by atoms with van der Waals surface area (Å²) in [5, 5.41) is 0.